The van der Waals surface area contributed by atoms with E-state index in [-0.39, 0.29) is 23.9 Å². The Hall–Kier alpha value is -2.92. The van der Waals surface area contributed by atoms with Crippen molar-refractivity contribution < 1.29 is 18.7 Å². The zero-order valence-corrected chi connectivity index (χ0v) is 21.8. The second-order valence-corrected chi connectivity index (χ2v) is 10.1. The molecular formula is C24H37N7O4. The molecule has 0 spiro atoms. The fraction of sp³-hybridized carbons (Fsp3) is 0.667. The maximum atomic E-state index is 13.8. The molecule has 2 N–H and O–H groups in total. The lowest BCUT2D eigenvalue weighted by atomic mass is 10.0. The average Bonchev–Trinajstić information content (AvgIpc) is 3.43. The Kier molecular flexibility index (Phi) is 6.92. The van der Waals surface area contributed by atoms with Gasteiger partial charge in [-0.1, -0.05) is 0 Å². The van der Waals surface area contributed by atoms with Crippen LogP contribution in [-0.2, 0) is 16.8 Å². The van der Waals surface area contributed by atoms with Crippen molar-refractivity contribution in [1.29, 1.82) is 0 Å². The SMILES string of the molecule is COCCCN1C[C@H](C)N(C(=O)N2Cc3c(NC(=O)c4oc(C)nc4C)n[nH]c3C2(C)C)C[C@H]1C. The number of methoxy groups -OCH3 is 1. The van der Waals surface area contributed by atoms with Crippen LogP contribution in [0, 0.1) is 13.8 Å². The molecule has 0 aromatic carbocycles. The Morgan fingerprint density at radius 3 is 2.63 bits per heavy atom. The van der Waals surface area contributed by atoms with Crippen molar-refractivity contribution in [2.45, 2.75) is 72.1 Å². The van der Waals surface area contributed by atoms with E-state index in [1.165, 1.54) is 0 Å². The van der Waals surface area contributed by atoms with Gasteiger partial charge in [-0.05, 0) is 41.0 Å². The quantitative estimate of drug-likeness (QED) is 0.601. The van der Waals surface area contributed by atoms with Crippen molar-refractivity contribution in [3.63, 3.8) is 0 Å². The number of oxazole rings is 1. The third-order valence-electron chi connectivity index (χ3n) is 7.20. The number of piperazine rings is 1. The standard InChI is InChI=1S/C24H37N7O4/c1-14-12-30(15(2)11-29(14)9-8-10-34-7)23(33)31-13-18-20(24(31,5)6)27-28-21(18)26-22(32)19-16(3)25-17(4)35-19/h14-15H,8-13H2,1-7H3,(H2,26,27,28,32)/t14-,15+/m1/s1. The largest absolute Gasteiger partial charge is 0.436 e. The summed E-state index contributed by atoms with van der Waals surface area (Å²) >= 11 is 0. The van der Waals surface area contributed by atoms with Crippen LogP contribution in [0.2, 0.25) is 0 Å². The zero-order valence-electron chi connectivity index (χ0n) is 21.8. The Balaban J connectivity index is 1.47. The van der Waals surface area contributed by atoms with Crippen molar-refractivity contribution in [2.75, 3.05) is 38.7 Å². The highest BCUT2D eigenvalue weighted by atomic mass is 16.5. The monoisotopic (exact) mass is 487 g/mol. The van der Waals surface area contributed by atoms with Crippen LogP contribution in [0.15, 0.2) is 4.42 Å². The number of urea groups is 1. The summed E-state index contributed by atoms with van der Waals surface area (Å²) in [6, 6.07) is 0.348. The maximum absolute atomic E-state index is 13.8. The number of rotatable bonds is 6. The molecule has 3 amide bonds. The Bertz CT molecular complexity index is 1090. The van der Waals surface area contributed by atoms with Crippen molar-refractivity contribution in [3.05, 3.63) is 28.6 Å². The molecule has 2 aliphatic heterocycles. The van der Waals surface area contributed by atoms with Gasteiger partial charge in [-0.3, -0.25) is 14.8 Å². The molecule has 1 saturated heterocycles. The number of ether oxygens (including phenoxy) is 1. The van der Waals surface area contributed by atoms with Gasteiger partial charge in [-0.25, -0.2) is 9.78 Å². The van der Waals surface area contributed by atoms with E-state index < -0.39 is 11.4 Å². The van der Waals surface area contributed by atoms with Gasteiger partial charge in [0, 0.05) is 57.9 Å². The molecule has 0 aliphatic carbocycles. The lowest BCUT2D eigenvalue weighted by molar-refractivity contribution is 0.0315. The van der Waals surface area contributed by atoms with E-state index in [2.05, 4.69) is 39.2 Å². The van der Waals surface area contributed by atoms with Gasteiger partial charge >= 0.3 is 6.03 Å². The van der Waals surface area contributed by atoms with Crippen LogP contribution >= 0.6 is 0 Å². The molecule has 192 valence electrons. The Labute approximate surface area is 206 Å². The highest BCUT2D eigenvalue weighted by Crippen LogP contribution is 2.41. The van der Waals surface area contributed by atoms with Crippen LogP contribution in [0.1, 0.15) is 67.5 Å². The number of nitrogens with one attached hydrogen (secondary N) is 2. The number of H-pyrrole nitrogens is 1. The number of amides is 3. The average molecular weight is 488 g/mol. The van der Waals surface area contributed by atoms with E-state index >= 15 is 0 Å². The molecule has 4 heterocycles. The van der Waals surface area contributed by atoms with Crippen molar-refractivity contribution in [2.24, 2.45) is 0 Å². The van der Waals surface area contributed by atoms with E-state index in [1.807, 2.05) is 23.6 Å². The van der Waals surface area contributed by atoms with E-state index in [9.17, 15) is 9.59 Å². The number of aromatic nitrogens is 3. The number of carbonyl (C=O) groups is 2. The minimum atomic E-state index is -0.598. The summed E-state index contributed by atoms with van der Waals surface area (Å²) in [5, 5.41) is 10.2. The van der Waals surface area contributed by atoms with Gasteiger partial charge in [0.1, 0.15) is 0 Å². The van der Waals surface area contributed by atoms with Gasteiger partial charge < -0.3 is 24.3 Å². The first-order chi connectivity index (χ1) is 16.5. The van der Waals surface area contributed by atoms with Gasteiger partial charge in [0.2, 0.25) is 5.76 Å². The molecular weight excluding hydrogens is 450 g/mol. The molecule has 11 heteroatoms. The summed E-state index contributed by atoms with van der Waals surface area (Å²) in [5.41, 5.74) is 1.56. The second-order valence-electron chi connectivity index (χ2n) is 10.1. The minimum absolute atomic E-state index is 0.00512. The molecule has 0 unspecified atom stereocenters. The Morgan fingerprint density at radius 2 is 1.97 bits per heavy atom. The Morgan fingerprint density at radius 1 is 1.23 bits per heavy atom. The lowest BCUT2D eigenvalue weighted by Gasteiger charge is -2.46. The molecule has 2 aromatic heterocycles. The molecule has 11 nitrogen and oxygen atoms in total. The predicted octanol–water partition coefficient (Wildman–Crippen LogP) is 2.87. The van der Waals surface area contributed by atoms with E-state index in [1.54, 1.807) is 21.0 Å². The van der Waals surface area contributed by atoms with Gasteiger partial charge in [0.15, 0.2) is 11.7 Å². The first-order valence-electron chi connectivity index (χ1n) is 12.2. The van der Waals surface area contributed by atoms with Crippen molar-refractivity contribution in [3.8, 4) is 0 Å². The van der Waals surface area contributed by atoms with Crippen LogP contribution in [0.3, 0.4) is 0 Å². The van der Waals surface area contributed by atoms with Crippen LogP contribution in [-0.4, -0.2) is 87.3 Å². The summed E-state index contributed by atoms with van der Waals surface area (Å²) in [6.07, 6.45) is 0.976. The molecule has 1 fully saturated rings. The van der Waals surface area contributed by atoms with E-state index in [4.69, 9.17) is 9.15 Å². The smallest absolute Gasteiger partial charge is 0.321 e. The highest BCUT2D eigenvalue weighted by molar-refractivity contribution is 6.03. The topological polar surface area (TPSA) is 120 Å². The number of anilines is 1. The summed E-state index contributed by atoms with van der Waals surface area (Å²) in [6.45, 7) is 15.2. The van der Waals surface area contributed by atoms with Gasteiger partial charge in [0.05, 0.1) is 23.5 Å². The normalized spacial score (nSPS) is 21.9. The molecule has 2 aliphatic rings. The number of carbonyl (C=O) groups excluding carboxylic acids is 2. The number of hydrogen-bond acceptors (Lipinski definition) is 7. The molecule has 35 heavy (non-hydrogen) atoms. The van der Waals surface area contributed by atoms with Crippen LogP contribution in [0.4, 0.5) is 10.6 Å². The summed E-state index contributed by atoms with van der Waals surface area (Å²) < 4.78 is 10.6. The molecule has 4 rings (SSSR count). The highest BCUT2D eigenvalue weighted by Gasteiger charge is 2.47. The van der Waals surface area contributed by atoms with Crippen LogP contribution in [0.5, 0.6) is 0 Å². The lowest BCUT2D eigenvalue weighted by Crippen LogP contribution is -2.61. The molecule has 0 radical (unpaired) electrons. The summed E-state index contributed by atoms with van der Waals surface area (Å²) in [5.74, 6) is 0.591. The minimum Gasteiger partial charge on any atom is -0.436 e. The predicted molar refractivity (Wildman–Crippen MR) is 130 cm³/mol. The van der Waals surface area contributed by atoms with Crippen LogP contribution < -0.4 is 5.32 Å². The fourth-order valence-electron chi connectivity index (χ4n) is 5.18. The molecule has 0 bridgehead atoms. The molecule has 2 aromatic rings. The van der Waals surface area contributed by atoms with E-state index in [0.717, 1.165) is 37.4 Å². The second kappa shape index (κ2) is 9.62. The van der Waals surface area contributed by atoms with Crippen molar-refractivity contribution >= 4 is 17.8 Å². The number of fused-ring (bicyclic) bond motifs is 1. The van der Waals surface area contributed by atoms with Gasteiger partial charge in [-0.2, -0.15) is 5.10 Å². The third kappa shape index (κ3) is 4.66. The number of hydrogen-bond donors (Lipinski definition) is 2. The molecule has 0 saturated carbocycles. The number of aryl methyl sites for hydroxylation is 2. The summed E-state index contributed by atoms with van der Waals surface area (Å²) in [7, 11) is 1.72. The number of aromatic amines is 1. The number of nitrogens with zero attached hydrogens (tertiary/aromatic N) is 5. The summed E-state index contributed by atoms with van der Waals surface area (Å²) in [4.78, 5) is 37.0. The first-order valence-corrected chi connectivity index (χ1v) is 12.2. The van der Waals surface area contributed by atoms with Gasteiger partial charge in [0.25, 0.3) is 5.91 Å². The molecule has 2 atom stereocenters. The maximum Gasteiger partial charge on any atom is 0.321 e. The fourth-order valence-corrected chi connectivity index (χ4v) is 5.18. The van der Waals surface area contributed by atoms with Crippen LogP contribution in [0.25, 0.3) is 0 Å². The van der Waals surface area contributed by atoms with E-state index in [0.29, 0.717) is 30.5 Å². The first kappa shape index (κ1) is 25.2. The third-order valence-corrected chi connectivity index (χ3v) is 7.20. The van der Waals surface area contributed by atoms with Gasteiger partial charge in [-0.15, -0.1) is 0 Å². The van der Waals surface area contributed by atoms with Crippen molar-refractivity contribution in [1.82, 2.24) is 29.9 Å². The zero-order chi connectivity index (χ0) is 25.5.